The van der Waals surface area contributed by atoms with Crippen LogP contribution in [0.25, 0.3) is 0 Å². The van der Waals surface area contributed by atoms with Gasteiger partial charge in [0.1, 0.15) is 0 Å². The Morgan fingerprint density at radius 3 is 2.46 bits per heavy atom. The molecule has 0 aliphatic rings. The molecule has 146 valence electrons. The molecule has 0 aliphatic carbocycles. The van der Waals surface area contributed by atoms with E-state index in [1.807, 2.05) is 25.2 Å². The van der Waals surface area contributed by atoms with Crippen molar-refractivity contribution in [1.82, 2.24) is 5.32 Å². The van der Waals surface area contributed by atoms with Crippen LogP contribution in [0.15, 0.2) is 59.8 Å². The molecule has 26 heavy (non-hydrogen) atoms. The first-order valence-corrected chi connectivity index (χ1v) is 9.39. The third-order valence-corrected chi connectivity index (χ3v) is 4.00. The van der Waals surface area contributed by atoms with Gasteiger partial charge in [0, 0.05) is 12.6 Å². The molecule has 0 fully saturated rings. The number of carbonyl (C=O) groups excluding carboxylic acids is 1. The number of allylic oxidation sites excluding steroid dienone is 8. The van der Waals surface area contributed by atoms with E-state index in [0.29, 0.717) is 5.41 Å². The van der Waals surface area contributed by atoms with E-state index in [1.54, 1.807) is 0 Å². The smallest absolute Gasteiger partial charge is 0.244 e. The fourth-order valence-electron chi connectivity index (χ4n) is 2.43. The summed E-state index contributed by atoms with van der Waals surface area (Å²) in [5, 5.41) is 11.3. The van der Waals surface area contributed by atoms with E-state index in [0.717, 1.165) is 18.4 Å². The van der Waals surface area contributed by atoms with Gasteiger partial charge in [-0.2, -0.15) is 0 Å². The average Bonchev–Trinajstić information content (AvgIpc) is 2.52. The molecule has 0 heterocycles. The molecule has 3 heteroatoms. The van der Waals surface area contributed by atoms with Gasteiger partial charge in [-0.3, -0.25) is 4.79 Å². The van der Waals surface area contributed by atoms with Crippen LogP contribution >= 0.6 is 0 Å². The largest absolute Gasteiger partial charge is 0.395 e. The quantitative estimate of drug-likeness (QED) is 0.283. The number of amides is 1. The van der Waals surface area contributed by atoms with Gasteiger partial charge in [-0.05, 0) is 57.4 Å². The molecular weight excluding hydrogens is 322 g/mol. The third-order valence-electron chi connectivity index (χ3n) is 4.00. The summed E-state index contributed by atoms with van der Waals surface area (Å²) in [6, 6.07) is 0. The summed E-state index contributed by atoms with van der Waals surface area (Å²) in [6.07, 6.45) is 16.4. The van der Waals surface area contributed by atoms with Crippen molar-refractivity contribution < 1.29 is 9.90 Å². The molecule has 1 amide bonds. The van der Waals surface area contributed by atoms with Crippen LogP contribution in [0.5, 0.6) is 0 Å². The number of nitrogens with one attached hydrogen (secondary N) is 1. The van der Waals surface area contributed by atoms with Crippen molar-refractivity contribution in [3.63, 3.8) is 0 Å². The Balaban J connectivity index is 4.41. The highest BCUT2D eigenvalue weighted by Crippen LogP contribution is 2.28. The lowest BCUT2D eigenvalue weighted by atomic mass is 9.83. The van der Waals surface area contributed by atoms with Crippen molar-refractivity contribution in [2.24, 2.45) is 5.41 Å². The minimum Gasteiger partial charge on any atom is -0.395 e. The van der Waals surface area contributed by atoms with E-state index in [1.165, 1.54) is 30.1 Å². The molecule has 0 saturated carbocycles. The van der Waals surface area contributed by atoms with Gasteiger partial charge in [0.25, 0.3) is 0 Å². The SMILES string of the molecule is C=C(C)CCCC(C)(C)C/C=C/C(C)=C/C=C/C(C)=C/C(=O)NCCO. The molecule has 0 aliphatic heterocycles. The number of aliphatic hydroxyl groups excluding tert-OH is 1. The summed E-state index contributed by atoms with van der Waals surface area (Å²) in [7, 11) is 0. The van der Waals surface area contributed by atoms with E-state index in [4.69, 9.17) is 5.11 Å². The van der Waals surface area contributed by atoms with E-state index < -0.39 is 0 Å². The Hall–Kier alpha value is -1.87. The van der Waals surface area contributed by atoms with Crippen LogP contribution in [0.2, 0.25) is 0 Å². The second kappa shape index (κ2) is 13.3. The number of carbonyl (C=O) groups is 1. The minimum atomic E-state index is -0.185. The highest BCUT2D eigenvalue weighted by molar-refractivity contribution is 5.88. The fourth-order valence-corrected chi connectivity index (χ4v) is 2.43. The molecule has 0 aromatic rings. The second-order valence-electron chi connectivity index (χ2n) is 7.75. The Bertz CT molecular complexity index is 563. The maximum atomic E-state index is 11.5. The molecule has 3 nitrogen and oxygen atoms in total. The minimum absolute atomic E-state index is 0.0482. The predicted octanol–water partition coefficient (Wildman–Crippen LogP) is 5.26. The van der Waals surface area contributed by atoms with Gasteiger partial charge in [-0.15, -0.1) is 6.58 Å². The lowest BCUT2D eigenvalue weighted by Gasteiger charge is -2.22. The zero-order valence-electron chi connectivity index (χ0n) is 17.3. The summed E-state index contributed by atoms with van der Waals surface area (Å²) >= 11 is 0. The van der Waals surface area contributed by atoms with E-state index >= 15 is 0 Å². The monoisotopic (exact) mass is 359 g/mol. The van der Waals surface area contributed by atoms with Gasteiger partial charge in [0.2, 0.25) is 5.91 Å². The topological polar surface area (TPSA) is 49.3 Å². The van der Waals surface area contributed by atoms with Crippen LogP contribution in [0, 0.1) is 5.41 Å². The fraction of sp³-hybridized carbons (Fsp3) is 0.522. The van der Waals surface area contributed by atoms with Gasteiger partial charge in [0.15, 0.2) is 0 Å². The van der Waals surface area contributed by atoms with Gasteiger partial charge in [-0.25, -0.2) is 0 Å². The Morgan fingerprint density at radius 2 is 1.85 bits per heavy atom. The molecule has 0 bridgehead atoms. The molecule has 0 rings (SSSR count). The number of rotatable bonds is 12. The standard InChI is InChI=1S/C23H37NO2/c1-19(2)10-8-14-23(5,6)15-9-13-20(3)11-7-12-21(4)18-22(26)24-16-17-25/h7,9,11-13,18,25H,1,8,10,14-17H2,2-6H3,(H,24,26)/b12-7+,13-9+,20-11+,21-18+. The van der Waals surface area contributed by atoms with Crippen LogP contribution in [-0.2, 0) is 4.79 Å². The van der Waals surface area contributed by atoms with Crippen molar-refractivity contribution >= 4 is 5.91 Å². The summed E-state index contributed by atoms with van der Waals surface area (Å²) in [5.41, 5.74) is 3.62. The lowest BCUT2D eigenvalue weighted by Crippen LogP contribution is -2.24. The number of aliphatic hydroxyl groups is 1. The number of hydrogen-bond donors (Lipinski definition) is 2. The number of hydrogen-bond acceptors (Lipinski definition) is 2. The maximum absolute atomic E-state index is 11.5. The van der Waals surface area contributed by atoms with Gasteiger partial charge in [0.05, 0.1) is 6.61 Å². The summed E-state index contributed by atoms with van der Waals surface area (Å²) < 4.78 is 0. The van der Waals surface area contributed by atoms with Crippen molar-refractivity contribution in [2.45, 2.75) is 60.3 Å². The van der Waals surface area contributed by atoms with Crippen LogP contribution in [0.4, 0.5) is 0 Å². The van der Waals surface area contributed by atoms with Crippen molar-refractivity contribution in [3.05, 3.63) is 59.8 Å². The molecule has 0 aromatic heterocycles. The molecule has 0 saturated heterocycles. The van der Waals surface area contributed by atoms with E-state index in [-0.39, 0.29) is 19.1 Å². The average molecular weight is 360 g/mol. The van der Waals surface area contributed by atoms with Crippen molar-refractivity contribution in [3.8, 4) is 0 Å². The molecule has 0 radical (unpaired) electrons. The second-order valence-corrected chi connectivity index (χ2v) is 7.75. The van der Waals surface area contributed by atoms with Gasteiger partial charge in [-0.1, -0.05) is 55.4 Å². The molecular formula is C23H37NO2. The van der Waals surface area contributed by atoms with Crippen molar-refractivity contribution in [2.75, 3.05) is 13.2 Å². The van der Waals surface area contributed by atoms with Crippen LogP contribution < -0.4 is 5.32 Å². The molecule has 0 atom stereocenters. The van der Waals surface area contributed by atoms with E-state index in [9.17, 15) is 4.79 Å². The highest BCUT2D eigenvalue weighted by Gasteiger charge is 2.15. The van der Waals surface area contributed by atoms with Crippen molar-refractivity contribution in [1.29, 1.82) is 0 Å². The summed E-state index contributed by atoms with van der Waals surface area (Å²) in [4.78, 5) is 11.5. The zero-order chi connectivity index (χ0) is 20.0. The van der Waals surface area contributed by atoms with Crippen LogP contribution in [-0.4, -0.2) is 24.2 Å². The Morgan fingerprint density at radius 1 is 1.15 bits per heavy atom. The molecule has 2 N–H and O–H groups in total. The normalized spacial score (nSPS) is 13.6. The van der Waals surface area contributed by atoms with Crippen LogP contribution in [0.3, 0.4) is 0 Å². The molecule has 0 spiro atoms. The van der Waals surface area contributed by atoms with Gasteiger partial charge < -0.3 is 10.4 Å². The Kier molecular flexibility index (Phi) is 12.4. The first kappa shape index (κ1) is 24.1. The highest BCUT2D eigenvalue weighted by atomic mass is 16.3. The first-order valence-electron chi connectivity index (χ1n) is 9.39. The van der Waals surface area contributed by atoms with Gasteiger partial charge >= 0.3 is 0 Å². The third kappa shape index (κ3) is 14.5. The summed E-state index contributed by atoms with van der Waals surface area (Å²) in [6.45, 7) is 14.9. The van der Waals surface area contributed by atoms with E-state index in [2.05, 4.69) is 51.7 Å². The Labute approximate surface area is 160 Å². The maximum Gasteiger partial charge on any atom is 0.244 e. The first-order chi connectivity index (χ1) is 12.2. The lowest BCUT2D eigenvalue weighted by molar-refractivity contribution is -0.116. The summed E-state index contributed by atoms with van der Waals surface area (Å²) in [5.74, 6) is -0.185. The predicted molar refractivity (Wildman–Crippen MR) is 113 cm³/mol. The zero-order valence-corrected chi connectivity index (χ0v) is 17.3. The molecule has 0 aromatic carbocycles. The van der Waals surface area contributed by atoms with Crippen LogP contribution in [0.1, 0.15) is 60.3 Å². The molecule has 0 unspecified atom stereocenters.